The molecule has 0 saturated carbocycles. The number of imidazole rings is 1. The van der Waals surface area contributed by atoms with Crippen LogP contribution in [0.25, 0.3) is 11.0 Å². The molecule has 0 bridgehead atoms. The molecule has 0 unspecified atom stereocenters. The summed E-state index contributed by atoms with van der Waals surface area (Å²) in [6.45, 7) is 4.79. The largest absolute Gasteiger partial charge is 0.381 e. The average Bonchev–Trinajstić information content (AvgIpc) is 2.67. The van der Waals surface area contributed by atoms with Gasteiger partial charge in [0.2, 0.25) is 5.95 Å². The molecule has 0 spiro atoms. The molecule has 1 aromatic heterocycles. The molecule has 1 aliphatic rings. The van der Waals surface area contributed by atoms with E-state index in [-0.39, 0.29) is 5.41 Å². The summed E-state index contributed by atoms with van der Waals surface area (Å²) in [5, 5.41) is 0.714. The summed E-state index contributed by atoms with van der Waals surface area (Å²) >= 11 is 6.08. The van der Waals surface area contributed by atoms with Gasteiger partial charge in [-0.05, 0) is 36.5 Å². The van der Waals surface area contributed by atoms with E-state index >= 15 is 0 Å². The lowest BCUT2D eigenvalue weighted by Gasteiger charge is -2.34. The highest BCUT2D eigenvalue weighted by atomic mass is 35.5. The van der Waals surface area contributed by atoms with Gasteiger partial charge in [-0.3, -0.25) is 0 Å². The Morgan fingerprint density at radius 3 is 2.89 bits per heavy atom. The Hall–Kier alpha value is -1.26. The second-order valence-electron chi connectivity index (χ2n) is 5.61. The van der Waals surface area contributed by atoms with E-state index in [0.29, 0.717) is 11.0 Å². The minimum atomic E-state index is 0.211. The zero-order chi connectivity index (χ0) is 13.5. The van der Waals surface area contributed by atoms with Crippen molar-refractivity contribution in [3.63, 3.8) is 0 Å². The van der Waals surface area contributed by atoms with Crippen molar-refractivity contribution >= 4 is 28.6 Å². The SMILES string of the molecule is CC1(Cn2c(N)nc3ccc(Cl)cc32)CCOCC1. The number of fused-ring (bicyclic) bond motifs is 1. The summed E-state index contributed by atoms with van der Waals surface area (Å²) in [6.07, 6.45) is 2.10. The lowest BCUT2D eigenvalue weighted by Crippen LogP contribution is -2.31. The number of nitrogens with zero attached hydrogens (tertiary/aromatic N) is 2. The van der Waals surface area contributed by atoms with Crippen LogP contribution < -0.4 is 5.73 Å². The number of ether oxygens (including phenoxy) is 1. The van der Waals surface area contributed by atoms with Gasteiger partial charge in [0.1, 0.15) is 0 Å². The predicted molar refractivity (Wildman–Crippen MR) is 77.3 cm³/mol. The summed E-state index contributed by atoms with van der Waals surface area (Å²) in [5.74, 6) is 0.560. The van der Waals surface area contributed by atoms with Crippen LogP contribution in [-0.4, -0.2) is 22.8 Å². The minimum absolute atomic E-state index is 0.211. The quantitative estimate of drug-likeness (QED) is 0.919. The summed E-state index contributed by atoms with van der Waals surface area (Å²) < 4.78 is 7.52. The highest BCUT2D eigenvalue weighted by Crippen LogP contribution is 2.34. The Bertz CT molecular complexity index is 602. The van der Waals surface area contributed by atoms with Crippen molar-refractivity contribution < 1.29 is 4.74 Å². The van der Waals surface area contributed by atoms with Gasteiger partial charge in [0, 0.05) is 24.8 Å². The van der Waals surface area contributed by atoms with E-state index in [4.69, 9.17) is 22.1 Å². The third-order valence-electron chi connectivity index (χ3n) is 3.98. The summed E-state index contributed by atoms with van der Waals surface area (Å²) in [6, 6.07) is 5.69. The van der Waals surface area contributed by atoms with E-state index in [0.717, 1.165) is 43.6 Å². The number of anilines is 1. The van der Waals surface area contributed by atoms with Crippen molar-refractivity contribution in [2.45, 2.75) is 26.3 Å². The highest BCUT2D eigenvalue weighted by Gasteiger charge is 2.29. The minimum Gasteiger partial charge on any atom is -0.381 e. The Morgan fingerprint density at radius 2 is 2.16 bits per heavy atom. The van der Waals surface area contributed by atoms with E-state index in [1.807, 2.05) is 18.2 Å². The fourth-order valence-electron chi connectivity index (χ4n) is 2.68. The molecule has 4 nitrogen and oxygen atoms in total. The lowest BCUT2D eigenvalue weighted by atomic mass is 9.82. The van der Waals surface area contributed by atoms with Gasteiger partial charge >= 0.3 is 0 Å². The lowest BCUT2D eigenvalue weighted by molar-refractivity contribution is 0.0163. The first-order chi connectivity index (χ1) is 9.07. The number of nitrogens with two attached hydrogens (primary N) is 1. The van der Waals surface area contributed by atoms with Crippen molar-refractivity contribution in [2.24, 2.45) is 5.41 Å². The molecule has 3 rings (SSSR count). The Balaban J connectivity index is 1.99. The fourth-order valence-corrected chi connectivity index (χ4v) is 2.85. The maximum atomic E-state index is 6.08. The molecule has 0 radical (unpaired) electrons. The molecule has 0 aliphatic carbocycles. The molecule has 0 atom stereocenters. The number of benzene rings is 1. The second kappa shape index (κ2) is 4.69. The number of nitrogen functional groups attached to an aromatic ring is 1. The number of halogens is 1. The van der Waals surface area contributed by atoms with Gasteiger partial charge in [-0.25, -0.2) is 4.98 Å². The van der Waals surface area contributed by atoms with Crippen LogP contribution in [0.4, 0.5) is 5.95 Å². The summed E-state index contributed by atoms with van der Waals surface area (Å²) in [5.41, 5.74) is 8.18. The maximum Gasteiger partial charge on any atom is 0.201 e. The highest BCUT2D eigenvalue weighted by molar-refractivity contribution is 6.31. The molecule has 1 aromatic carbocycles. The van der Waals surface area contributed by atoms with Crippen LogP contribution in [0.5, 0.6) is 0 Å². The van der Waals surface area contributed by atoms with E-state index < -0.39 is 0 Å². The number of hydrogen-bond acceptors (Lipinski definition) is 3. The van der Waals surface area contributed by atoms with Crippen LogP contribution in [0.2, 0.25) is 5.02 Å². The van der Waals surface area contributed by atoms with Crippen LogP contribution in [0.1, 0.15) is 19.8 Å². The molecule has 2 N–H and O–H groups in total. The zero-order valence-corrected chi connectivity index (χ0v) is 11.8. The molecular weight excluding hydrogens is 262 g/mol. The topological polar surface area (TPSA) is 53.1 Å². The first-order valence-corrected chi connectivity index (χ1v) is 6.94. The Kier molecular flexibility index (Phi) is 3.15. The molecule has 102 valence electrons. The first-order valence-electron chi connectivity index (χ1n) is 6.56. The number of rotatable bonds is 2. The van der Waals surface area contributed by atoms with Crippen molar-refractivity contribution in [3.8, 4) is 0 Å². The van der Waals surface area contributed by atoms with Gasteiger partial charge in [-0.2, -0.15) is 0 Å². The van der Waals surface area contributed by atoms with Crippen LogP contribution in [0, 0.1) is 5.41 Å². The van der Waals surface area contributed by atoms with E-state index in [9.17, 15) is 0 Å². The molecule has 19 heavy (non-hydrogen) atoms. The Labute approximate surface area is 117 Å². The smallest absolute Gasteiger partial charge is 0.201 e. The maximum absolute atomic E-state index is 6.08. The second-order valence-corrected chi connectivity index (χ2v) is 6.05. The molecule has 0 amide bonds. The van der Waals surface area contributed by atoms with Gasteiger partial charge in [0.25, 0.3) is 0 Å². The van der Waals surface area contributed by atoms with Crippen molar-refractivity contribution in [2.75, 3.05) is 18.9 Å². The molecule has 1 saturated heterocycles. The molecule has 2 aromatic rings. The van der Waals surface area contributed by atoms with Crippen LogP contribution in [-0.2, 0) is 11.3 Å². The number of hydrogen-bond donors (Lipinski definition) is 1. The van der Waals surface area contributed by atoms with Crippen LogP contribution >= 0.6 is 11.6 Å². The summed E-state index contributed by atoms with van der Waals surface area (Å²) in [4.78, 5) is 4.40. The van der Waals surface area contributed by atoms with Gasteiger partial charge in [0.15, 0.2) is 0 Å². The molecule has 1 fully saturated rings. The molecule has 5 heteroatoms. The first kappa shape index (κ1) is 12.8. The summed E-state index contributed by atoms with van der Waals surface area (Å²) in [7, 11) is 0. The fraction of sp³-hybridized carbons (Fsp3) is 0.500. The average molecular weight is 280 g/mol. The number of aromatic nitrogens is 2. The van der Waals surface area contributed by atoms with Crippen molar-refractivity contribution in [3.05, 3.63) is 23.2 Å². The van der Waals surface area contributed by atoms with Crippen LogP contribution in [0.3, 0.4) is 0 Å². The Morgan fingerprint density at radius 1 is 1.42 bits per heavy atom. The predicted octanol–water partition coefficient (Wildman–Crippen LogP) is 3.09. The standard InChI is InChI=1S/C14H18ClN3O/c1-14(4-6-19-7-5-14)9-18-12-8-10(15)2-3-11(12)17-13(18)16/h2-3,8H,4-7,9H2,1H3,(H2,16,17). The van der Waals surface area contributed by atoms with Gasteiger partial charge in [0.05, 0.1) is 11.0 Å². The molecule has 2 heterocycles. The van der Waals surface area contributed by atoms with Crippen molar-refractivity contribution in [1.82, 2.24) is 9.55 Å². The van der Waals surface area contributed by atoms with Gasteiger partial charge in [-0.1, -0.05) is 18.5 Å². The molecular formula is C14H18ClN3O. The normalized spacial score (nSPS) is 18.8. The van der Waals surface area contributed by atoms with E-state index in [1.165, 1.54) is 0 Å². The molecule has 1 aliphatic heterocycles. The third-order valence-corrected chi connectivity index (χ3v) is 4.21. The monoisotopic (exact) mass is 279 g/mol. The van der Waals surface area contributed by atoms with Crippen LogP contribution in [0.15, 0.2) is 18.2 Å². The van der Waals surface area contributed by atoms with E-state index in [2.05, 4.69) is 16.5 Å². The third kappa shape index (κ3) is 2.42. The van der Waals surface area contributed by atoms with Crippen molar-refractivity contribution in [1.29, 1.82) is 0 Å². The zero-order valence-electron chi connectivity index (χ0n) is 11.0. The van der Waals surface area contributed by atoms with E-state index in [1.54, 1.807) is 0 Å². The van der Waals surface area contributed by atoms with Gasteiger partial charge in [-0.15, -0.1) is 0 Å². The van der Waals surface area contributed by atoms with Gasteiger partial charge < -0.3 is 15.0 Å².